The van der Waals surface area contributed by atoms with Gasteiger partial charge in [-0.3, -0.25) is 0 Å². The first-order chi connectivity index (χ1) is 8.97. The van der Waals surface area contributed by atoms with Crippen molar-refractivity contribution in [3.05, 3.63) is 28.2 Å². The summed E-state index contributed by atoms with van der Waals surface area (Å²) < 4.78 is 39.3. The Morgan fingerprint density at radius 2 is 2.11 bits per heavy atom. The van der Waals surface area contributed by atoms with Crippen LogP contribution in [0.5, 0.6) is 0 Å². The number of hydrogen-bond acceptors (Lipinski definition) is 2. The van der Waals surface area contributed by atoms with Crippen LogP contribution in [-0.4, -0.2) is 19.1 Å². The third kappa shape index (κ3) is 4.11. The van der Waals surface area contributed by atoms with Crippen molar-refractivity contribution in [1.82, 2.24) is 5.32 Å². The van der Waals surface area contributed by atoms with Gasteiger partial charge in [0, 0.05) is 22.7 Å². The normalized spacial score (nSPS) is 20.3. The molecule has 0 saturated carbocycles. The molecule has 6 heteroatoms. The van der Waals surface area contributed by atoms with E-state index in [1.807, 2.05) is 0 Å². The Kier molecular flexibility index (Phi) is 4.73. The van der Waals surface area contributed by atoms with Crippen LogP contribution < -0.4 is 10.6 Å². The van der Waals surface area contributed by atoms with Gasteiger partial charge < -0.3 is 10.6 Å². The second-order valence-corrected chi connectivity index (χ2v) is 5.63. The summed E-state index contributed by atoms with van der Waals surface area (Å²) in [5, 5.41) is 6.22. The molecule has 1 saturated heterocycles. The molecule has 19 heavy (non-hydrogen) atoms. The maximum Gasteiger partial charge on any atom is 0.418 e. The van der Waals surface area contributed by atoms with Crippen molar-refractivity contribution in [2.24, 2.45) is 0 Å². The van der Waals surface area contributed by atoms with Gasteiger partial charge in [-0.2, -0.15) is 13.2 Å². The van der Waals surface area contributed by atoms with Gasteiger partial charge >= 0.3 is 6.18 Å². The summed E-state index contributed by atoms with van der Waals surface area (Å²) in [6, 6.07) is 4.23. The van der Waals surface area contributed by atoms with E-state index in [2.05, 4.69) is 26.6 Å². The molecule has 1 aromatic carbocycles. The Morgan fingerprint density at radius 3 is 2.74 bits per heavy atom. The van der Waals surface area contributed by atoms with Crippen molar-refractivity contribution in [1.29, 1.82) is 0 Å². The molecule has 1 aliphatic rings. The van der Waals surface area contributed by atoms with Crippen molar-refractivity contribution < 1.29 is 13.2 Å². The fraction of sp³-hybridized carbons (Fsp3) is 0.538. The van der Waals surface area contributed by atoms with Gasteiger partial charge in [0.15, 0.2) is 0 Å². The van der Waals surface area contributed by atoms with Gasteiger partial charge in [0.25, 0.3) is 0 Å². The van der Waals surface area contributed by atoms with E-state index >= 15 is 0 Å². The fourth-order valence-electron chi connectivity index (χ4n) is 2.24. The quantitative estimate of drug-likeness (QED) is 0.871. The van der Waals surface area contributed by atoms with E-state index in [0.717, 1.165) is 31.9 Å². The SMILES string of the molecule is FC(F)(F)c1ccc(Br)cc1NCC1CCCCN1. The minimum atomic E-state index is -4.33. The molecule has 2 rings (SSSR count). The lowest BCUT2D eigenvalue weighted by atomic mass is 10.0. The fourth-order valence-corrected chi connectivity index (χ4v) is 2.60. The minimum absolute atomic E-state index is 0.134. The van der Waals surface area contributed by atoms with E-state index < -0.39 is 11.7 Å². The predicted molar refractivity (Wildman–Crippen MR) is 73.3 cm³/mol. The molecule has 0 bridgehead atoms. The topological polar surface area (TPSA) is 24.1 Å². The molecule has 0 aromatic heterocycles. The number of anilines is 1. The molecule has 0 radical (unpaired) electrons. The molecule has 0 spiro atoms. The van der Waals surface area contributed by atoms with Crippen molar-refractivity contribution >= 4 is 21.6 Å². The van der Waals surface area contributed by atoms with E-state index in [1.54, 1.807) is 0 Å². The van der Waals surface area contributed by atoms with Crippen LogP contribution in [0.2, 0.25) is 0 Å². The van der Waals surface area contributed by atoms with Crippen molar-refractivity contribution in [2.75, 3.05) is 18.4 Å². The Bertz CT molecular complexity index is 428. The molecular weight excluding hydrogens is 321 g/mol. The molecule has 1 aliphatic heterocycles. The van der Waals surface area contributed by atoms with Crippen molar-refractivity contribution in [3.8, 4) is 0 Å². The van der Waals surface area contributed by atoms with Crippen LogP contribution in [0.25, 0.3) is 0 Å². The number of alkyl halides is 3. The Morgan fingerprint density at radius 1 is 1.32 bits per heavy atom. The van der Waals surface area contributed by atoms with Gasteiger partial charge in [0.2, 0.25) is 0 Å². The number of benzene rings is 1. The Labute approximate surface area is 118 Å². The summed E-state index contributed by atoms with van der Waals surface area (Å²) in [5.41, 5.74) is -0.485. The summed E-state index contributed by atoms with van der Waals surface area (Å²) in [6.07, 6.45) is -1.06. The molecule has 1 atom stereocenters. The number of halogens is 4. The van der Waals surface area contributed by atoms with Gasteiger partial charge in [0.1, 0.15) is 0 Å². The third-order valence-electron chi connectivity index (χ3n) is 3.24. The first kappa shape index (κ1) is 14.7. The smallest absolute Gasteiger partial charge is 0.383 e. The van der Waals surface area contributed by atoms with Crippen LogP contribution in [0.3, 0.4) is 0 Å². The lowest BCUT2D eigenvalue weighted by Crippen LogP contribution is -2.39. The zero-order valence-corrected chi connectivity index (χ0v) is 11.9. The van der Waals surface area contributed by atoms with Crippen LogP contribution in [0.15, 0.2) is 22.7 Å². The molecule has 0 aliphatic carbocycles. The highest BCUT2D eigenvalue weighted by Gasteiger charge is 2.33. The second kappa shape index (κ2) is 6.13. The van der Waals surface area contributed by atoms with Crippen LogP contribution >= 0.6 is 15.9 Å². The number of hydrogen-bond donors (Lipinski definition) is 2. The molecule has 1 fully saturated rings. The van der Waals surface area contributed by atoms with Gasteiger partial charge in [-0.05, 0) is 37.6 Å². The predicted octanol–water partition coefficient (Wildman–Crippen LogP) is 4.02. The maximum absolute atomic E-state index is 12.9. The highest BCUT2D eigenvalue weighted by molar-refractivity contribution is 9.10. The lowest BCUT2D eigenvalue weighted by Gasteiger charge is -2.25. The van der Waals surface area contributed by atoms with Gasteiger partial charge in [-0.25, -0.2) is 0 Å². The van der Waals surface area contributed by atoms with Gasteiger partial charge in [-0.1, -0.05) is 22.4 Å². The van der Waals surface area contributed by atoms with Crippen LogP contribution in [0, 0.1) is 0 Å². The summed E-state index contributed by atoms with van der Waals surface area (Å²) in [4.78, 5) is 0. The highest BCUT2D eigenvalue weighted by Crippen LogP contribution is 2.36. The summed E-state index contributed by atoms with van der Waals surface area (Å²) >= 11 is 3.21. The van der Waals surface area contributed by atoms with E-state index in [1.165, 1.54) is 12.1 Å². The zero-order chi connectivity index (χ0) is 13.9. The lowest BCUT2D eigenvalue weighted by molar-refractivity contribution is -0.137. The van der Waals surface area contributed by atoms with Crippen LogP contribution in [0.4, 0.5) is 18.9 Å². The summed E-state index contributed by atoms with van der Waals surface area (Å²) in [6.45, 7) is 1.45. The standard InChI is InChI=1S/C13H16BrF3N2/c14-9-4-5-11(13(15,16)17)12(7-9)19-8-10-3-1-2-6-18-10/h4-5,7,10,18-19H,1-3,6,8H2. The average Bonchev–Trinajstić information content (AvgIpc) is 2.36. The van der Waals surface area contributed by atoms with Crippen LogP contribution in [0.1, 0.15) is 24.8 Å². The first-order valence-electron chi connectivity index (χ1n) is 6.31. The van der Waals surface area contributed by atoms with Gasteiger partial charge in [0.05, 0.1) is 5.56 Å². The van der Waals surface area contributed by atoms with E-state index in [9.17, 15) is 13.2 Å². The Balaban J connectivity index is 2.07. The monoisotopic (exact) mass is 336 g/mol. The molecule has 106 valence electrons. The van der Waals surface area contributed by atoms with Crippen molar-refractivity contribution in [2.45, 2.75) is 31.5 Å². The minimum Gasteiger partial charge on any atom is -0.383 e. The maximum atomic E-state index is 12.9. The molecular formula is C13H16BrF3N2. The second-order valence-electron chi connectivity index (χ2n) is 4.72. The zero-order valence-electron chi connectivity index (χ0n) is 10.4. The Hall–Kier alpha value is -0.750. The number of nitrogens with one attached hydrogen (secondary N) is 2. The summed E-state index contributed by atoms with van der Waals surface area (Å²) in [5.74, 6) is 0. The number of piperidine rings is 1. The molecule has 2 N–H and O–H groups in total. The summed E-state index contributed by atoms with van der Waals surface area (Å²) in [7, 11) is 0. The molecule has 1 heterocycles. The van der Waals surface area contributed by atoms with E-state index in [4.69, 9.17) is 0 Å². The largest absolute Gasteiger partial charge is 0.418 e. The molecule has 1 unspecified atom stereocenters. The number of rotatable bonds is 3. The van der Waals surface area contributed by atoms with E-state index in [-0.39, 0.29) is 11.7 Å². The average molecular weight is 337 g/mol. The molecule has 1 aromatic rings. The third-order valence-corrected chi connectivity index (χ3v) is 3.73. The molecule has 0 amide bonds. The first-order valence-corrected chi connectivity index (χ1v) is 7.10. The molecule has 2 nitrogen and oxygen atoms in total. The van der Waals surface area contributed by atoms with Gasteiger partial charge in [-0.15, -0.1) is 0 Å². The highest BCUT2D eigenvalue weighted by atomic mass is 79.9. The van der Waals surface area contributed by atoms with E-state index in [0.29, 0.717) is 11.0 Å². The van der Waals surface area contributed by atoms with Crippen molar-refractivity contribution in [3.63, 3.8) is 0 Å². The van der Waals surface area contributed by atoms with Crippen LogP contribution in [-0.2, 0) is 6.18 Å².